The molecule has 2 aromatic heterocycles. The molecule has 0 bridgehead atoms. The molecule has 0 aliphatic heterocycles. The van der Waals surface area contributed by atoms with Gasteiger partial charge in [-0.25, -0.2) is 15.0 Å². The van der Waals surface area contributed by atoms with Crippen molar-refractivity contribution in [2.24, 2.45) is 0 Å². The lowest BCUT2D eigenvalue weighted by Crippen LogP contribution is -2.10. The van der Waals surface area contributed by atoms with Crippen LogP contribution in [-0.4, -0.2) is 30.1 Å². The van der Waals surface area contributed by atoms with Crippen LogP contribution in [0.25, 0.3) is 11.4 Å². The van der Waals surface area contributed by atoms with Crippen LogP contribution in [0.5, 0.6) is 0 Å². The third-order valence-corrected chi connectivity index (χ3v) is 3.38. The van der Waals surface area contributed by atoms with E-state index in [2.05, 4.69) is 30.5 Å². The first kappa shape index (κ1) is 15.5. The lowest BCUT2D eigenvalue weighted by molar-refractivity contribution is -0.384. The van der Waals surface area contributed by atoms with Gasteiger partial charge in [-0.05, 0) is 13.8 Å². The summed E-state index contributed by atoms with van der Waals surface area (Å²) < 4.78 is 0. The highest BCUT2D eigenvalue weighted by Gasteiger charge is 2.13. The van der Waals surface area contributed by atoms with Gasteiger partial charge in [-0.2, -0.15) is 5.10 Å². The largest absolute Gasteiger partial charge is 0.360 e. The Morgan fingerprint density at radius 2 is 2.12 bits per heavy atom. The Morgan fingerprint density at radius 1 is 1.29 bits per heavy atom. The van der Waals surface area contributed by atoms with Crippen molar-refractivity contribution in [1.29, 1.82) is 0 Å². The lowest BCUT2D eigenvalue weighted by atomic mass is 10.2. The molecule has 24 heavy (non-hydrogen) atoms. The lowest BCUT2D eigenvalue weighted by Gasteiger charge is -2.13. The number of rotatable bonds is 5. The molecule has 0 aliphatic carbocycles. The maximum Gasteiger partial charge on any atom is 0.270 e. The standard InChI is InChI=1S/C15H15N7O2/c1-9-6-13(19-10(2)14-16-8-17-21-14)20-15(18-9)11-4-3-5-12(7-11)22(23)24/h3-8,10H,1-2H3,(H,16,17,21)(H,18,19,20). The number of aromatic amines is 1. The number of benzene rings is 1. The van der Waals surface area contributed by atoms with Crippen molar-refractivity contribution in [1.82, 2.24) is 25.1 Å². The quantitative estimate of drug-likeness (QED) is 0.546. The van der Waals surface area contributed by atoms with Crippen LogP contribution in [0.3, 0.4) is 0 Å². The number of nitrogens with zero attached hydrogens (tertiary/aromatic N) is 5. The van der Waals surface area contributed by atoms with Gasteiger partial charge in [-0.3, -0.25) is 15.2 Å². The molecule has 0 fully saturated rings. The average Bonchev–Trinajstić information content (AvgIpc) is 3.09. The number of nitro groups is 1. The van der Waals surface area contributed by atoms with E-state index in [4.69, 9.17) is 0 Å². The molecule has 0 radical (unpaired) electrons. The monoisotopic (exact) mass is 325 g/mol. The summed E-state index contributed by atoms with van der Waals surface area (Å²) in [7, 11) is 0. The molecule has 1 aromatic carbocycles. The van der Waals surface area contributed by atoms with Gasteiger partial charge in [0.25, 0.3) is 5.69 Å². The van der Waals surface area contributed by atoms with Gasteiger partial charge in [0.05, 0.1) is 11.0 Å². The van der Waals surface area contributed by atoms with Gasteiger partial charge in [0.1, 0.15) is 18.0 Å². The first-order valence-electron chi connectivity index (χ1n) is 7.25. The Hall–Kier alpha value is -3.36. The van der Waals surface area contributed by atoms with Crippen LogP contribution in [0.2, 0.25) is 0 Å². The SMILES string of the molecule is Cc1cc(NC(C)c2ncn[nH]2)nc(-c2cccc([N+](=O)[O-])c2)n1. The molecule has 122 valence electrons. The molecule has 0 aliphatic rings. The summed E-state index contributed by atoms with van der Waals surface area (Å²) in [5.41, 5.74) is 1.34. The van der Waals surface area contributed by atoms with E-state index in [0.717, 1.165) is 5.69 Å². The fourth-order valence-corrected chi connectivity index (χ4v) is 2.24. The van der Waals surface area contributed by atoms with Crippen LogP contribution < -0.4 is 5.32 Å². The smallest absolute Gasteiger partial charge is 0.270 e. The van der Waals surface area contributed by atoms with Gasteiger partial charge in [0, 0.05) is 29.5 Å². The Bertz CT molecular complexity index is 864. The second kappa shape index (κ2) is 6.41. The van der Waals surface area contributed by atoms with Gasteiger partial charge in [0.2, 0.25) is 0 Å². The summed E-state index contributed by atoms with van der Waals surface area (Å²) in [6.07, 6.45) is 1.44. The van der Waals surface area contributed by atoms with E-state index in [1.54, 1.807) is 18.2 Å². The molecule has 3 rings (SSSR count). The Kier molecular flexibility index (Phi) is 4.15. The van der Waals surface area contributed by atoms with Crippen LogP contribution in [0, 0.1) is 17.0 Å². The van der Waals surface area contributed by atoms with Gasteiger partial charge in [-0.1, -0.05) is 12.1 Å². The van der Waals surface area contributed by atoms with Crippen molar-refractivity contribution in [3.05, 3.63) is 58.3 Å². The van der Waals surface area contributed by atoms with Crippen molar-refractivity contribution in [2.75, 3.05) is 5.32 Å². The maximum absolute atomic E-state index is 10.9. The highest BCUT2D eigenvalue weighted by molar-refractivity contribution is 5.61. The zero-order valence-corrected chi connectivity index (χ0v) is 13.1. The Morgan fingerprint density at radius 3 is 2.83 bits per heavy atom. The normalized spacial score (nSPS) is 11.9. The highest BCUT2D eigenvalue weighted by atomic mass is 16.6. The van der Waals surface area contributed by atoms with E-state index in [1.165, 1.54) is 18.5 Å². The molecule has 0 amide bonds. The van der Waals surface area contributed by atoms with E-state index in [9.17, 15) is 10.1 Å². The molecule has 0 saturated carbocycles. The predicted molar refractivity (Wildman–Crippen MR) is 87.3 cm³/mol. The molecule has 0 saturated heterocycles. The molecule has 1 unspecified atom stereocenters. The van der Waals surface area contributed by atoms with Crippen LogP contribution in [-0.2, 0) is 0 Å². The third-order valence-electron chi connectivity index (χ3n) is 3.38. The number of aryl methyl sites for hydroxylation is 1. The number of non-ortho nitro benzene ring substituents is 1. The minimum absolute atomic E-state index is 0.00198. The minimum atomic E-state index is -0.440. The number of nitro benzene ring substituents is 1. The Balaban J connectivity index is 1.91. The highest BCUT2D eigenvalue weighted by Crippen LogP contribution is 2.23. The average molecular weight is 325 g/mol. The number of hydrogen-bond acceptors (Lipinski definition) is 7. The zero-order valence-electron chi connectivity index (χ0n) is 13.1. The molecule has 2 heterocycles. The van der Waals surface area contributed by atoms with Crippen LogP contribution in [0.4, 0.5) is 11.5 Å². The van der Waals surface area contributed by atoms with Crippen LogP contribution >= 0.6 is 0 Å². The molecule has 2 N–H and O–H groups in total. The summed E-state index contributed by atoms with van der Waals surface area (Å²) in [5, 5.41) is 20.8. The number of nitrogens with one attached hydrogen (secondary N) is 2. The predicted octanol–water partition coefficient (Wildman–Crippen LogP) is 2.65. The summed E-state index contributed by atoms with van der Waals surface area (Å²) in [6, 6.07) is 7.92. The van der Waals surface area contributed by atoms with Gasteiger partial charge in [0.15, 0.2) is 5.82 Å². The summed E-state index contributed by atoms with van der Waals surface area (Å²) in [5.74, 6) is 1.71. The number of hydrogen-bond donors (Lipinski definition) is 2. The summed E-state index contributed by atoms with van der Waals surface area (Å²) >= 11 is 0. The zero-order chi connectivity index (χ0) is 17.1. The molecular formula is C15H15N7O2. The molecule has 1 atom stereocenters. The van der Waals surface area contributed by atoms with Crippen molar-refractivity contribution in [2.45, 2.75) is 19.9 Å². The molecule has 9 nitrogen and oxygen atoms in total. The summed E-state index contributed by atoms with van der Waals surface area (Å²) in [4.78, 5) is 23.4. The van der Waals surface area contributed by atoms with Gasteiger partial charge in [-0.15, -0.1) is 0 Å². The van der Waals surface area contributed by atoms with Crippen molar-refractivity contribution in [3.63, 3.8) is 0 Å². The second-order valence-electron chi connectivity index (χ2n) is 5.26. The fraction of sp³-hybridized carbons (Fsp3) is 0.200. The van der Waals surface area contributed by atoms with Crippen molar-refractivity contribution < 1.29 is 4.92 Å². The van der Waals surface area contributed by atoms with Gasteiger partial charge < -0.3 is 5.32 Å². The van der Waals surface area contributed by atoms with E-state index in [1.807, 2.05) is 13.8 Å². The van der Waals surface area contributed by atoms with E-state index >= 15 is 0 Å². The maximum atomic E-state index is 10.9. The number of aromatic nitrogens is 5. The van der Waals surface area contributed by atoms with E-state index in [-0.39, 0.29) is 11.7 Å². The number of H-pyrrole nitrogens is 1. The molecular weight excluding hydrogens is 310 g/mol. The van der Waals surface area contributed by atoms with Crippen LogP contribution in [0.1, 0.15) is 24.5 Å². The molecule has 0 spiro atoms. The first-order valence-corrected chi connectivity index (χ1v) is 7.25. The third kappa shape index (κ3) is 3.35. The van der Waals surface area contributed by atoms with Crippen LogP contribution in [0.15, 0.2) is 36.7 Å². The van der Waals surface area contributed by atoms with E-state index in [0.29, 0.717) is 23.0 Å². The Labute approximate surface area is 137 Å². The molecule has 3 aromatic rings. The van der Waals surface area contributed by atoms with Crippen molar-refractivity contribution >= 4 is 11.5 Å². The topological polar surface area (TPSA) is 123 Å². The van der Waals surface area contributed by atoms with Crippen molar-refractivity contribution in [3.8, 4) is 11.4 Å². The first-order chi connectivity index (χ1) is 11.5. The molecule has 9 heteroatoms. The minimum Gasteiger partial charge on any atom is -0.360 e. The van der Waals surface area contributed by atoms with E-state index < -0.39 is 4.92 Å². The summed E-state index contributed by atoms with van der Waals surface area (Å²) in [6.45, 7) is 3.76. The number of anilines is 1. The van der Waals surface area contributed by atoms with Gasteiger partial charge >= 0.3 is 0 Å². The fourth-order valence-electron chi connectivity index (χ4n) is 2.24. The second-order valence-corrected chi connectivity index (χ2v) is 5.26.